The van der Waals surface area contributed by atoms with Crippen LogP contribution in [0, 0.1) is 0 Å². The molecule has 1 aromatic heterocycles. The molecule has 0 saturated heterocycles. The maximum atomic E-state index is 11.7. The summed E-state index contributed by atoms with van der Waals surface area (Å²) in [7, 11) is 0. The predicted octanol–water partition coefficient (Wildman–Crippen LogP) is 3.41. The monoisotopic (exact) mass is 271 g/mol. The van der Waals surface area contributed by atoms with Crippen LogP contribution < -0.4 is 4.87 Å². The summed E-state index contributed by atoms with van der Waals surface area (Å²) in [5.41, 5.74) is 1.02. The van der Waals surface area contributed by atoms with E-state index in [9.17, 15) is 4.79 Å². The highest BCUT2D eigenvalue weighted by atomic mass is 79.9. The molecule has 0 N–H and O–H groups in total. The Balaban J connectivity index is 2.86. The van der Waals surface area contributed by atoms with E-state index in [-0.39, 0.29) is 10.9 Å². The van der Waals surface area contributed by atoms with Gasteiger partial charge in [-0.2, -0.15) is 0 Å². The number of thiazole rings is 1. The van der Waals surface area contributed by atoms with E-state index in [4.69, 9.17) is 0 Å². The molecule has 0 spiro atoms. The van der Waals surface area contributed by atoms with Gasteiger partial charge >= 0.3 is 4.87 Å². The van der Waals surface area contributed by atoms with Crippen LogP contribution in [0.25, 0.3) is 10.2 Å². The molecular formula is C10H10BrNOS. The molecule has 1 aromatic carbocycles. The third-order valence-corrected chi connectivity index (χ3v) is 3.52. The van der Waals surface area contributed by atoms with Gasteiger partial charge in [0.2, 0.25) is 0 Å². The first kappa shape index (κ1) is 9.93. The van der Waals surface area contributed by atoms with Gasteiger partial charge in [-0.25, -0.2) is 0 Å². The number of fused-ring (bicyclic) bond motifs is 1. The summed E-state index contributed by atoms with van der Waals surface area (Å²) in [6.45, 7) is 4.04. The van der Waals surface area contributed by atoms with Crippen LogP contribution in [-0.2, 0) is 0 Å². The van der Waals surface area contributed by atoms with Crippen molar-refractivity contribution in [2.24, 2.45) is 0 Å². The minimum Gasteiger partial charge on any atom is -0.296 e. The molecule has 0 fully saturated rings. The summed E-state index contributed by atoms with van der Waals surface area (Å²) >= 11 is 4.72. The van der Waals surface area contributed by atoms with Gasteiger partial charge < -0.3 is 0 Å². The fraction of sp³-hybridized carbons (Fsp3) is 0.300. The summed E-state index contributed by atoms with van der Waals surface area (Å²) < 4.78 is 3.88. The number of halogens is 1. The van der Waals surface area contributed by atoms with Crippen LogP contribution in [-0.4, -0.2) is 4.57 Å². The highest BCUT2D eigenvalue weighted by Crippen LogP contribution is 2.23. The Labute approximate surface area is 94.3 Å². The second-order valence-corrected chi connectivity index (χ2v) is 5.35. The van der Waals surface area contributed by atoms with Crippen molar-refractivity contribution in [3.05, 3.63) is 32.3 Å². The van der Waals surface area contributed by atoms with Crippen LogP contribution in [0.1, 0.15) is 19.9 Å². The van der Waals surface area contributed by atoms with E-state index in [1.54, 1.807) is 0 Å². The third-order valence-electron chi connectivity index (χ3n) is 2.09. The lowest BCUT2D eigenvalue weighted by Crippen LogP contribution is -2.14. The minimum absolute atomic E-state index is 0.119. The molecule has 2 nitrogen and oxygen atoms in total. The lowest BCUT2D eigenvalue weighted by molar-refractivity contribution is 0.611. The average molecular weight is 272 g/mol. The first-order valence-corrected chi connectivity index (χ1v) is 6.01. The van der Waals surface area contributed by atoms with E-state index in [1.807, 2.05) is 36.6 Å². The number of hydrogen-bond donors (Lipinski definition) is 0. The Morgan fingerprint density at radius 3 is 2.79 bits per heavy atom. The zero-order valence-corrected chi connectivity index (χ0v) is 10.4. The van der Waals surface area contributed by atoms with Gasteiger partial charge in [-0.1, -0.05) is 27.3 Å². The molecule has 0 aliphatic heterocycles. The number of nitrogens with zero attached hydrogens (tertiary/aromatic N) is 1. The van der Waals surface area contributed by atoms with Crippen molar-refractivity contribution < 1.29 is 0 Å². The summed E-state index contributed by atoms with van der Waals surface area (Å²) in [6.07, 6.45) is 0. The maximum absolute atomic E-state index is 11.7. The first-order chi connectivity index (χ1) is 6.59. The lowest BCUT2D eigenvalue weighted by Gasteiger charge is -2.06. The zero-order valence-electron chi connectivity index (χ0n) is 7.95. The minimum atomic E-state index is 0.119. The van der Waals surface area contributed by atoms with Crippen LogP contribution in [0.15, 0.2) is 27.5 Å². The zero-order chi connectivity index (χ0) is 10.3. The third kappa shape index (κ3) is 1.53. The Kier molecular flexibility index (Phi) is 2.49. The molecule has 0 amide bonds. The topological polar surface area (TPSA) is 22.0 Å². The van der Waals surface area contributed by atoms with Crippen molar-refractivity contribution in [1.82, 2.24) is 4.57 Å². The molecule has 1 heterocycles. The highest BCUT2D eigenvalue weighted by Gasteiger charge is 2.09. The Hall–Kier alpha value is -0.610. The lowest BCUT2D eigenvalue weighted by atomic mass is 10.3. The quantitative estimate of drug-likeness (QED) is 0.779. The summed E-state index contributed by atoms with van der Waals surface area (Å²) in [6, 6.07) is 6.14. The van der Waals surface area contributed by atoms with Gasteiger partial charge in [0.05, 0.1) is 10.2 Å². The Bertz CT molecular complexity index is 526. The fourth-order valence-electron chi connectivity index (χ4n) is 1.50. The fourth-order valence-corrected chi connectivity index (χ4v) is 2.84. The standard InChI is InChI=1S/C10H10BrNOS/c1-6(2)12-8-5-7(11)3-4-9(8)14-10(12)13/h3-6H,1-2H3. The molecule has 2 rings (SSSR count). The van der Waals surface area contributed by atoms with Gasteiger partial charge in [-0.15, -0.1) is 0 Å². The van der Waals surface area contributed by atoms with Crippen molar-refractivity contribution in [3.8, 4) is 0 Å². The second-order valence-electron chi connectivity index (χ2n) is 3.44. The van der Waals surface area contributed by atoms with Gasteiger partial charge in [-0.05, 0) is 32.0 Å². The van der Waals surface area contributed by atoms with Crippen LogP contribution in [0.4, 0.5) is 0 Å². The molecule has 4 heteroatoms. The van der Waals surface area contributed by atoms with Gasteiger partial charge in [0.15, 0.2) is 0 Å². The second kappa shape index (κ2) is 3.51. The van der Waals surface area contributed by atoms with Crippen LogP contribution in [0.3, 0.4) is 0 Å². The van der Waals surface area contributed by atoms with Crippen LogP contribution in [0.5, 0.6) is 0 Å². The highest BCUT2D eigenvalue weighted by molar-refractivity contribution is 9.10. The van der Waals surface area contributed by atoms with Crippen molar-refractivity contribution >= 4 is 37.5 Å². The van der Waals surface area contributed by atoms with E-state index >= 15 is 0 Å². The number of hydrogen-bond acceptors (Lipinski definition) is 2. The van der Waals surface area contributed by atoms with Crippen LogP contribution in [0.2, 0.25) is 0 Å². The van der Waals surface area contributed by atoms with Crippen molar-refractivity contribution in [3.63, 3.8) is 0 Å². The molecule has 0 saturated carbocycles. The number of aromatic nitrogens is 1. The van der Waals surface area contributed by atoms with E-state index in [0.29, 0.717) is 0 Å². The van der Waals surface area contributed by atoms with Gasteiger partial charge in [0, 0.05) is 10.5 Å². The van der Waals surface area contributed by atoms with Gasteiger partial charge in [0.1, 0.15) is 0 Å². The molecular weight excluding hydrogens is 262 g/mol. The normalized spacial score (nSPS) is 11.4. The molecule has 14 heavy (non-hydrogen) atoms. The maximum Gasteiger partial charge on any atom is 0.308 e. The van der Waals surface area contributed by atoms with Crippen molar-refractivity contribution in [2.45, 2.75) is 19.9 Å². The summed E-state index contributed by atoms with van der Waals surface area (Å²) in [4.78, 5) is 11.8. The molecule has 2 aromatic rings. The van der Waals surface area contributed by atoms with E-state index in [0.717, 1.165) is 14.7 Å². The van der Waals surface area contributed by atoms with E-state index in [2.05, 4.69) is 15.9 Å². The predicted molar refractivity (Wildman–Crippen MR) is 64.2 cm³/mol. The molecule has 0 aliphatic carbocycles. The van der Waals surface area contributed by atoms with Crippen LogP contribution >= 0.6 is 27.3 Å². The summed E-state index contributed by atoms with van der Waals surface area (Å²) in [5, 5.41) is 0. The first-order valence-electron chi connectivity index (χ1n) is 4.40. The molecule has 0 radical (unpaired) electrons. The van der Waals surface area contributed by atoms with Crippen molar-refractivity contribution in [1.29, 1.82) is 0 Å². The molecule has 0 unspecified atom stereocenters. The average Bonchev–Trinajstić information content (AvgIpc) is 2.40. The smallest absolute Gasteiger partial charge is 0.296 e. The Morgan fingerprint density at radius 2 is 2.14 bits per heavy atom. The molecule has 0 atom stereocenters. The van der Waals surface area contributed by atoms with E-state index < -0.39 is 0 Å². The largest absolute Gasteiger partial charge is 0.308 e. The SMILES string of the molecule is CC(C)n1c(=O)sc2ccc(Br)cc21. The van der Waals surface area contributed by atoms with E-state index in [1.165, 1.54) is 11.3 Å². The molecule has 74 valence electrons. The molecule has 0 aliphatic rings. The van der Waals surface area contributed by atoms with Gasteiger partial charge in [0.25, 0.3) is 0 Å². The van der Waals surface area contributed by atoms with Crippen molar-refractivity contribution in [2.75, 3.05) is 0 Å². The number of benzene rings is 1. The molecule has 0 bridgehead atoms. The summed E-state index contributed by atoms with van der Waals surface area (Å²) in [5.74, 6) is 0. The van der Waals surface area contributed by atoms with Gasteiger partial charge in [-0.3, -0.25) is 9.36 Å². The Morgan fingerprint density at radius 1 is 1.43 bits per heavy atom. The number of rotatable bonds is 1.